The molecule has 0 aliphatic rings. The van der Waals surface area contributed by atoms with E-state index in [1.54, 1.807) is 13.1 Å². The molecule has 0 saturated carbocycles. The zero-order chi connectivity index (χ0) is 21.4. The molecule has 0 N–H and O–H groups in total. The highest BCUT2D eigenvalue weighted by Gasteiger charge is 2.65. The molecule has 27 heavy (non-hydrogen) atoms. The van der Waals surface area contributed by atoms with Crippen LogP contribution < -0.4 is 4.74 Å². The van der Waals surface area contributed by atoms with E-state index in [1.807, 2.05) is 20.8 Å². The van der Waals surface area contributed by atoms with Crippen LogP contribution in [0, 0.1) is 6.92 Å². The summed E-state index contributed by atoms with van der Waals surface area (Å²) in [5, 5.41) is -0.368. The highest BCUT2D eigenvalue weighted by molar-refractivity contribution is 6.75. The summed E-state index contributed by atoms with van der Waals surface area (Å²) in [6.07, 6.45) is -6.12. The van der Waals surface area contributed by atoms with Gasteiger partial charge in [0, 0.05) is 0 Å². The van der Waals surface area contributed by atoms with E-state index < -0.39 is 43.7 Å². The molecule has 1 aromatic rings. The third kappa shape index (κ3) is 5.05. The minimum Gasteiger partial charge on any atom is -0.516 e. The Kier molecular flexibility index (Phi) is 6.16. The van der Waals surface area contributed by atoms with Crippen LogP contribution in [0.3, 0.4) is 0 Å². The summed E-state index contributed by atoms with van der Waals surface area (Å²) < 4.78 is 73.1. The lowest BCUT2D eigenvalue weighted by atomic mass is 10.1. The van der Waals surface area contributed by atoms with E-state index in [1.165, 1.54) is 13.0 Å². The maximum Gasteiger partial charge on any atom is 0.465 e. The van der Waals surface area contributed by atoms with Crippen molar-refractivity contribution >= 4 is 20.3 Å². The van der Waals surface area contributed by atoms with Gasteiger partial charge in [-0.3, -0.25) is 0 Å². The molecule has 1 aromatic carbocycles. The number of benzene rings is 1. The van der Waals surface area contributed by atoms with Crippen LogP contribution in [-0.4, -0.2) is 32.4 Å². The largest absolute Gasteiger partial charge is 0.516 e. The van der Waals surface area contributed by atoms with Gasteiger partial charge >= 0.3 is 24.0 Å². The van der Waals surface area contributed by atoms with Crippen LogP contribution in [0.5, 0.6) is 5.75 Å². The van der Waals surface area contributed by atoms with E-state index in [2.05, 4.69) is 4.74 Å². The Bertz CT molecular complexity index is 736. The summed E-state index contributed by atoms with van der Waals surface area (Å²) >= 11 is 0. The van der Waals surface area contributed by atoms with Crippen molar-refractivity contribution in [1.29, 1.82) is 0 Å². The van der Waals surface area contributed by atoms with Gasteiger partial charge < -0.3 is 9.16 Å². The monoisotopic (exact) mass is 412 g/mol. The predicted molar refractivity (Wildman–Crippen MR) is 90.4 cm³/mol. The summed E-state index contributed by atoms with van der Waals surface area (Å²) in [6, 6.07) is 3.59. The Hall–Kier alpha value is -1.97. The minimum absolute atomic E-state index is 0.368. The van der Waals surface area contributed by atoms with Crippen LogP contribution in [0.25, 0.3) is 0 Å². The van der Waals surface area contributed by atoms with Crippen molar-refractivity contribution in [2.24, 2.45) is 0 Å². The first kappa shape index (κ1) is 23.1. The van der Waals surface area contributed by atoms with Gasteiger partial charge in [0.2, 0.25) is 0 Å². The molecule has 0 unspecified atom stereocenters. The molecule has 152 valence electrons. The van der Waals surface area contributed by atoms with E-state index in [0.29, 0.717) is 5.56 Å². The van der Waals surface area contributed by atoms with Gasteiger partial charge in [0.15, 0.2) is 0 Å². The summed E-state index contributed by atoms with van der Waals surface area (Å²) in [5.74, 6) is -10.2. The lowest BCUT2D eigenvalue weighted by Gasteiger charge is -2.35. The number of aryl methyl sites for hydroxylation is 1. The number of halogens is 5. The molecule has 0 heterocycles. The molecular formula is C17H21F5O4Si. The molecular weight excluding hydrogens is 391 g/mol. The van der Waals surface area contributed by atoms with Gasteiger partial charge in [-0.25, -0.2) is 9.59 Å². The zero-order valence-electron chi connectivity index (χ0n) is 15.8. The van der Waals surface area contributed by atoms with E-state index >= 15 is 0 Å². The molecule has 0 fully saturated rings. The second-order valence-corrected chi connectivity index (χ2v) is 12.3. The van der Waals surface area contributed by atoms with Crippen molar-refractivity contribution in [1.82, 2.24) is 0 Å². The molecule has 0 aliphatic heterocycles. The smallest absolute Gasteiger partial charge is 0.465 e. The van der Waals surface area contributed by atoms with Gasteiger partial charge in [-0.05, 0) is 42.8 Å². The SMILES string of the molecule is Cc1ccc(C(=O)O[Si](C)(C)C(C)(C)C)c(OC(=O)C(F)(F)C(F)(F)F)c1. The number of alkyl halides is 5. The van der Waals surface area contributed by atoms with E-state index in [0.717, 1.165) is 12.1 Å². The molecule has 1 rings (SSSR count). The maximum atomic E-state index is 13.2. The fourth-order valence-electron chi connectivity index (χ4n) is 1.60. The van der Waals surface area contributed by atoms with Crippen LogP contribution in [0.2, 0.25) is 18.1 Å². The first-order valence-corrected chi connectivity index (χ1v) is 10.8. The molecule has 0 aromatic heterocycles. The van der Waals surface area contributed by atoms with Crippen molar-refractivity contribution in [2.45, 2.75) is 57.9 Å². The molecule has 0 amide bonds. The third-order valence-corrected chi connectivity index (χ3v) is 8.63. The number of ether oxygens (including phenoxy) is 1. The van der Waals surface area contributed by atoms with Crippen LogP contribution in [0.4, 0.5) is 22.0 Å². The van der Waals surface area contributed by atoms with Gasteiger partial charge in [-0.1, -0.05) is 26.8 Å². The van der Waals surface area contributed by atoms with E-state index in [-0.39, 0.29) is 5.04 Å². The summed E-state index contributed by atoms with van der Waals surface area (Å²) in [4.78, 5) is 23.9. The average molecular weight is 412 g/mol. The lowest BCUT2D eigenvalue weighted by molar-refractivity contribution is -0.276. The molecule has 10 heteroatoms. The second-order valence-electron chi connectivity index (χ2n) is 7.61. The van der Waals surface area contributed by atoms with Crippen molar-refractivity contribution in [3.63, 3.8) is 0 Å². The maximum absolute atomic E-state index is 13.2. The standard InChI is InChI=1S/C17H21F5O4Si/c1-10-7-8-11(13(23)26-27(5,6)15(2,3)4)12(9-10)25-14(24)16(18,19)17(20,21)22/h7-9H,1-6H3. The highest BCUT2D eigenvalue weighted by Crippen LogP contribution is 2.39. The molecule has 4 nitrogen and oxygen atoms in total. The lowest BCUT2D eigenvalue weighted by Crippen LogP contribution is -2.46. The second kappa shape index (κ2) is 7.21. The van der Waals surface area contributed by atoms with Gasteiger partial charge in [-0.2, -0.15) is 22.0 Å². The Balaban J connectivity index is 3.23. The summed E-state index contributed by atoms with van der Waals surface area (Å²) in [7, 11) is -2.61. The number of esters is 1. The fraction of sp³-hybridized carbons (Fsp3) is 0.529. The number of carbonyl (C=O) groups excluding carboxylic acids is 2. The van der Waals surface area contributed by atoms with E-state index in [4.69, 9.17) is 4.43 Å². The first-order valence-electron chi connectivity index (χ1n) is 7.91. The summed E-state index contributed by atoms with van der Waals surface area (Å²) in [6.45, 7) is 10.6. The first-order chi connectivity index (χ1) is 11.9. The Labute approximate surface area is 154 Å². The van der Waals surface area contributed by atoms with Crippen molar-refractivity contribution < 1.29 is 40.7 Å². The number of hydrogen-bond donors (Lipinski definition) is 0. The topological polar surface area (TPSA) is 52.6 Å². The van der Waals surface area contributed by atoms with Crippen molar-refractivity contribution in [3.05, 3.63) is 29.3 Å². The quantitative estimate of drug-likeness (QED) is 0.293. The molecule has 0 bridgehead atoms. The normalized spacial score (nSPS) is 13.3. The van der Waals surface area contributed by atoms with Gasteiger partial charge in [-0.15, -0.1) is 0 Å². The number of rotatable bonds is 4. The fourth-order valence-corrected chi connectivity index (χ4v) is 2.48. The number of hydrogen-bond acceptors (Lipinski definition) is 4. The van der Waals surface area contributed by atoms with E-state index in [9.17, 15) is 31.5 Å². The Morgan fingerprint density at radius 2 is 1.52 bits per heavy atom. The van der Waals surface area contributed by atoms with Crippen LogP contribution >= 0.6 is 0 Å². The van der Waals surface area contributed by atoms with Crippen molar-refractivity contribution in [2.75, 3.05) is 0 Å². The van der Waals surface area contributed by atoms with Gasteiger partial charge in [0.1, 0.15) is 11.3 Å². The molecule has 0 aliphatic carbocycles. The van der Waals surface area contributed by atoms with Gasteiger partial charge in [0.25, 0.3) is 8.32 Å². The van der Waals surface area contributed by atoms with Gasteiger partial charge in [0.05, 0.1) is 0 Å². The zero-order valence-corrected chi connectivity index (χ0v) is 16.8. The Morgan fingerprint density at radius 3 is 1.96 bits per heavy atom. The average Bonchev–Trinajstić information content (AvgIpc) is 2.44. The minimum atomic E-state index is -6.12. The molecule has 0 saturated heterocycles. The molecule has 0 radical (unpaired) electrons. The van der Waals surface area contributed by atoms with Crippen LogP contribution in [-0.2, 0) is 9.22 Å². The molecule has 0 atom stereocenters. The van der Waals surface area contributed by atoms with Crippen LogP contribution in [0.1, 0.15) is 36.7 Å². The predicted octanol–water partition coefficient (Wildman–Crippen LogP) is 5.26. The summed E-state index contributed by atoms with van der Waals surface area (Å²) in [5.41, 5.74) is -0.0197. The van der Waals surface area contributed by atoms with Crippen LogP contribution in [0.15, 0.2) is 18.2 Å². The molecule has 0 spiro atoms. The van der Waals surface area contributed by atoms with Crippen molar-refractivity contribution in [3.8, 4) is 5.75 Å². The Morgan fingerprint density at radius 1 is 1.00 bits per heavy atom. The third-order valence-electron chi connectivity index (χ3n) is 4.33. The number of carbonyl (C=O) groups is 2. The highest BCUT2D eigenvalue weighted by atomic mass is 28.4.